The summed E-state index contributed by atoms with van der Waals surface area (Å²) in [6, 6.07) is 7.98. The maximum absolute atomic E-state index is 5.30. The van der Waals surface area contributed by atoms with E-state index >= 15 is 0 Å². The van der Waals surface area contributed by atoms with Gasteiger partial charge in [0.2, 0.25) is 5.88 Å². The van der Waals surface area contributed by atoms with Gasteiger partial charge >= 0.3 is 0 Å². The number of fused-ring (bicyclic) bond motifs is 1. The third-order valence-electron chi connectivity index (χ3n) is 2.53. The van der Waals surface area contributed by atoms with Crippen molar-refractivity contribution in [3.8, 4) is 16.5 Å². The highest BCUT2D eigenvalue weighted by Gasteiger charge is 2.13. The lowest BCUT2D eigenvalue weighted by Gasteiger charge is -2.07. The highest BCUT2D eigenvalue weighted by molar-refractivity contribution is 7.13. The second-order valence-electron chi connectivity index (χ2n) is 3.49. The van der Waals surface area contributed by atoms with Gasteiger partial charge in [0.05, 0.1) is 12.7 Å². The van der Waals surface area contributed by atoms with Crippen LogP contribution in [0.2, 0.25) is 0 Å². The number of methoxy groups -OCH3 is 1. The number of pyridine rings is 1. The van der Waals surface area contributed by atoms with Crippen LogP contribution in [0.4, 0.5) is 0 Å². The standard InChI is InChI=1S/C13H9N2OS/c1-16-12-11(13-14-6-7-17-13)10-5-3-2-4-9(10)8-15-12/h2-7H,1H3. The first kappa shape index (κ1) is 10.2. The Labute approximate surface area is 103 Å². The van der Waals surface area contributed by atoms with Crippen molar-refractivity contribution in [1.29, 1.82) is 0 Å². The highest BCUT2D eigenvalue weighted by Crippen LogP contribution is 2.35. The van der Waals surface area contributed by atoms with Gasteiger partial charge in [-0.2, -0.15) is 0 Å². The fourth-order valence-electron chi connectivity index (χ4n) is 1.78. The minimum Gasteiger partial charge on any atom is -0.480 e. The van der Waals surface area contributed by atoms with E-state index in [2.05, 4.69) is 16.2 Å². The van der Waals surface area contributed by atoms with E-state index in [4.69, 9.17) is 4.74 Å². The lowest BCUT2D eigenvalue weighted by molar-refractivity contribution is 0.400. The Hall–Kier alpha value is -1.94. The monoisotopic (exact) mass is 241 g/mol. The molecule has 2 aromatic heterocycles. The molecule has 0 bridgehead atoms. The molecular weight excluding hydrogens is 232 g/mol. The molecule has 0 N–H and O–H groups in total. The summed E-state index contributed by atoms with van der Waals surface area (Å²) in [5, 5.41) is 4.90. The molecule has 2 heterocycles. The summed E-state index contributed by atoms with van der Waals surface area (Å²) in [4.78, 5) is 8.53. The van der Waals surface area contributed by atoms with Crippen LogP contribution in [0.25, 0.3) is 21.3 Å². The summed E-state index contributed by atoms with van der Waals surface area (Å²) in [5.74, 6) is 0.568. The minimum absolute atomic E-state index is 0.568. The fourth-order valence-corrected chi connectivity index (χ4v) is 2.47. The van der Waals surface area contributed by atoms with Crippen molar-refractivity contribution in [2.75, 3.05) is 7.11 Å². The van der Waals surface area contributed by atoms with Crippen molar-refractivity contribution in [1.82, 2.24) is 9.97 Å². The molecule has 0 saturated heterocycles. The van der Waals surface area contributed by atoms with Gasteiger partial charge in [0.1, 0.15) is 11.2 Å². The van der Waals surface area contributed by atoms with Crippen LogP contribution < -0.4 is 4.74 Å². The Morgan fingerprint density at radius 3 is 2.94 bits per heavy atom. The summed E-state index contributed by atoms with van der Waals surface area (Å²) >= 11 is 1.58. The van der Waals surface area contributed by atoms with Gasteiger partial charge in [-0.25, -0.2) is 9.97 Å². The van der Waals surface area contributed by atoms with Gasteiger partial charge < -0.3 is 4.74 Å². The summed E-state index contributed by atoms with van der Waals surface area (Å²) in [5.41, 5.74) is 0.942. The van der Waals surface area contributed by atoms with Crippen LogP contribution in [-0.2, 0) is 0 Å². The quantitative estimate of drug-likeness (QED) is 0.691. The van der Waals surface area contributed by atoms with Crippen LogP contribution in [0.3, 0.4) is 0 Å². The number of nitrogens with zero attached hydrogens (tertiary/aromatic N) is 2. The number of hydrogen-bond acceptors (Lipinski definition) is 4. The molecule has 0 aliphatic carbocycles. The molecule has 83 valence electrons. The van der Waals surface area contributed by atoms with E-state index in [0.717, 1.165) is 21.3 Å². The second-order valence-corrected chi connectivity index (χ2v) is 4.39. The largest absolute Gasteiger partial charge is 0.480 e. The van der Waals surface area contributed by atoms with Crippen LogP contribution in [-0.4, -0.2) is 17.1 Å². The van der Waals surface area contributed by atoms with Crippen LogP contribution in [0.1, 0.15) is 0 Å². The number of aromatic nitrogens is 2. The van der Waals surface area contributed by atoms with Crippen molar-refractivity contribution < 1.29 is 4.74 Å². The molecular formula is C13H9N2OS. The van der Waals surface area contributed by atoms with Crippen LogP contribution >= 0.6 is 11.3 Å². The van der Waals surface area contributed by atoms with Crippen molar-refractivity contribution in [3.05, 3.63) is 42.0 Å². The topological polar surface area (TPSA) is 35.0 Å². The Balaban J connectivity index is 2.39. The molecule has 3 aromatic rings. The average Bonchev–Trinajstić information content (AvgIpc) is 2.91. The molecule has 1 radical (unpaired) electrons. The Morgan fingerprint density at radius 1 is 1.29 bits per heavy atom. The molecule has 3 nitrogen and oxygen atoms in total. The van der Waals surface area contributed by atoms with Gasteiger partial charge in [0, 0.05) is 17.0 Å². The van der Waals surface area contributed by atoms with E-state index in [1.54, 1.807) is 24.6 Å². The molecule has 0 fully saturated rings. The Morgan fingerprint density at radius 2 is 2.18 bits per heavy atom. The van der Waals surface area contributed by atoms with E-state index in [0.29, 0.717) is 5.88 Å². The first-order valence-corrected chi connectivity index (χ1v) is 6.02. The van der Waals surface area contributed by atoms with E-state index in [9.17, 15) is 0 Å². The molecule has 0 unspecified atom stereocenters. The lowest BCUT2D eigenvalue weighted by atomic mass is 10.1. The highest BCUT2D eigenvalue weighted by atomic mass is 32.1. The van der Waals surface area contributed by atoms with Crippen molar-refractivity contribution in [2.45, 2.75) is 0 Å². The maximum atomic E-state index is 5.30. The van der Waals surface area contributed by atoms with E-state index in [1.807, 2.05) is 29.6 Å². The lowest BCUT2D eigenvalue weighted by Crippen LogP contribution is -1.92. The number of rotatable bonds is 2. The van der Waals surface area contributed by atoms with Gasteiger partial charge in [-0.15, -0.1) is 11.3 Å². The summed E-state index contributed by atoms with van der Waals surface area (Å²) in [6.45, 7) is 0. The predicted octanol–water partition coefficient (Wildman–Crippen LogP) is 3.17. The molecule has 0 spiro atoms. The molecule has 4 heteroatoms. The Kier molecular flexibility index (Phi) is 2.49. The van der Waals surface area contributed by atoms with Gasteiger partial charge in [-0.1, -0.05) is 24.3 Å². The SMILES string of the molecule is COc1n[c]c2ccccc2c1-c1nccs1. The number of ether oxygens (including phenoxy) is 1. The molecule has 17 heavy (non-hydrogen) atoms. The molecule has 0 saturated carbocycles. The zero-order chi connectivity index (χ0) is 11.7. The maximum Gasteiger partial charge on any atom is 0.224 e. The number of thiazole rings is 1. The fraction of sp³-hybridized carbons (Fsp3) is 0.0769. The first-order chi connectivity index (χ1) is 8.40. The predicted molar refractivity (Wildman–Crippen MR) is 68.2 cm³/mol. The molecule has 0 amide bonds. The molecule has 0 aliphatic rings. The molecule has 0 atom stereocenters. The van der Waals surface area contributed by atoms with Crippen LogP contribution in [0.15, 0.2) is 35.8 Å². The second kappa shape index (κ2) is 4.14. The van der Waals surface area contributed by atoms with Gasteiger partial charge in [-0.3, -0.25) is 0 Å². The van der Waals surface area contributed by atoms with E-state index < -0.39 is 0 Å². The van der Waals surface area contributed by atoms with E-state index in [1.165, 1.54) is 0 Å². The average molecular weight is 241 g/mol. The van der Waals surface area contributed by atoms with Gasteiger partial charge in [0.25, 0.3) is 0 Å². The normalized spacial score (nSPS) is 10.6. The van der Waals surface area contributed by atoms with Crippen LogP contribution in [0.5, 0.6) is 5.88 Å². The molecule has 1 aromatic carbocycles. The Bertz CT molecular complexity index is 650. The number of hydrogen-bond donors (Lipinski definition) is 0. The van der Waals surface area contributed by atoms with Crippen LogP contribution in [0, 0.1) is 6.20 Å². The van der Waals surface area contributed by atoms with E-state index in [-0.39, 0.29) is 0 Å². The summed E-state index contributed by atoms with van der Waals surface area (Å²) in [6.07, 6.45) is 4.76. The summed E-state index contributed by atoms with van der Waals surface area (Å²) < 4.78 is 5.30. The summed E-state index contributed by atoms with van der Waals surface area (Å²) in [7, 11) is 1.61. The third-order valence-corrected chi connectivity index (χ3v) is 3.32. The zero-order valence-corrected chi connectivity index (χ0v) is 9.99. The van der Waals surface area contributed by atoms with Gasteiger partial charge in [0.15, 0.2) is 0 Å². The van der Waals surface area contributed by atoms with Crippen molar-refractivity contribution >= 4 is 22.1 Å². The molecule has 3 rings (SSSR count). The van der Waals surface area contributed by atoms with Crippen molar-refractivity contribution in [2.24, 2.45) is 0 Å². The molecule has 0 aliphatic heterocycles. The third kappa shape index (κ3) is 1.66. The first-order valence-electron chi connectivity index (χ1n) is 5.14. The zero-order valence-electron chi connectivity index (χ0n) is 9.18. The smallest absolute Gasteiger partial charge is 0.224 e. The number of benzene rings is 1. The minimum atomic E-state index is 0.568. The van der Waals surface area contributed by atoms with Crippen molar-refractivity contribution in [3.63, 3.8) is 0 Å². The van der Waals surface area contributed by atoms with Gasteiger partial charge in [-0.05, 0) is 5.39 Å².